The van der Waals surface area contributed by atoms with Crippen LogP contribution in [0.1, 0.15) is 31.1 Å². The van der Waals surface area contributed by atoms with Crippen LogP contribution in [0.5, 0.6) is 0 Å². The van der Waals surface area contributed by atoms with Crippen LogP contribution in [0.3, 0.4) is 0 Å². The Hall–Kier alpha value is -0.350. The summed E-state index contributed by atoms with van der Waals surface area (Å²) in [5.74, 6) is -0.684. The third-order valence-corrected chi connectivity index (χ3v) is 3.68. The van der Waals surface area contributed by atoms with Gasteiger partial charge in [-0.2, -0.15) is 0 Å². The molecule has 4 heteroatoms. The average molecular weight is 277 g/mol. The van der Waals surface area contributed by atoms with Gasteiger partial charge in [0.2, 0.25) is 0 Å². The first-order valence-corrected chi connectivity index (χ1v) is 6.09. The van der Waals surface area contributed by atoms with Crippen LogP contribution in [0.4, 0.5) is 0 Å². The topological polar surface area (TPSA) is 37.3 Å². The number of carbonyl (C=O) groups is 1. The van der Waals surface area contributed by atoms with Gasteiger partial charge in [-0.3, -0.25) is 4.79 Å². The first-order chi connectivity index (χ1) is 6.50. The molecular formula is C10H13BrO2S. The van der Waals surface area contributed by atoms with Crippen molar-refractivity contribution in [2.75, 3.05) is 0 Å². The Balaban J connectivity index is 2.83. The Morgan fingerprint density at radius 1 is 1.57 bits per heavy atom. The van der Waals surface area contributed by atoms with Crippen molar-refractivity contribution in [2.45, 2.75) is 26.2 Å². The van der Waals surface area contributed by atoms with Crippen molar-refractivity contribution in [1.29, 1.82) is 0 Å². The Labute approximate surface area is 96.1 Å². The SMILES string of the molecule is CC(C)CC(C(=O)O)c1ccc(Br)s1. The maximum atomic E-state index is 11.0. The van der Waals surface area contributed by atoms with Gasteiger partial charge in [-0.25, -0.2) is 0 Å². The highest BCUT2D eigenvalue weighted by Crippen LogP contribution is 2.32. The molecule has 0 aromatic carbocycles. The smallest absolute Gasteiger partial charge is 0.311 e. The lowest BCUT2D eigenvalue weighted by Crippen LogP contribution is -2.12. The third-order valence-electron chi connectivity index (χ3n) is 1.94. The molecule has 1 aromatic heterocycles. The Morgan fingerprint density at radius 3 is 2.57 bits per heavy atom. The minimum absolute atomic E-state index is 0.355. The van der Waals surface area contributed by atoms with E-state index in [1.807, 2.05) is 26.0 Å². The van der Waals surface area contributed by atoms with Crippen LogP contribution in [0.25, 0.3) is 0 Å². The number of hydrogen-bond donors (Lipinski definition) is 1. The monoisotopic (exact) mass is 276 g/mol. The number of rotatable bonds is 4. The summed E-state index contributed by atoms with van der Waals surface area (Å²) in [5, 5.41) is 9.08. The average Bonchev–Trinajstić information content (AvgIpc) is 2.46. The maximum Gasteiger partial charge on any atom is 0.311 e. The zero-order valence-corrected chi connectivity index (χ0v) is 10.6. The van der Waals surface area contributed by atoms with E-state index in [-0.39, 0.29) is 5.92 Å². The zero-order chi connectivity index (χ0) is 10.7. The highest BCUT2D eigenvalue weighted by Gasteiger charge is 2.22. The first-order valence-electron chi connectivity index (χ1n) is 4.48. The fraction of sp³-hybridized carbons (Fsp3) is 0.500. The van der Waals surface area contributed by atoms with Gasteiger partial charge in [0.25, 0.3) is 0 Å². The molecule has 1 rings (SSSR count). The molecule has 0 radical (unpaired) electrons. The van der Waals surface area contributed by atoms with E-state index in [1.165, 1.54) is 11.3 Å². The van der Waals surface area contributed by atoms with E-state index >= 15 is 0 Å². The lowest BCUT2D eigenvalue weighted by atomic mass is 9.96. The molecule has 14 heavy (non-hydrogen) atoms. The number of hydrogen-bond acceptors (Lipinski definition) is 2. The highest BCUT2D eigenvalue weighted by atomic mass is 79.9. The molecule has 1 N–H and O–H groups in total. The maximum absolute atomic E-state index is 11.0. The van der Waals surface area contributed by atoms with E-state index in [4.69, 9.17) is 5.11 Å². The molecule has 1 aromatic rings. The van der Waals surface area contributed by atoms with Crippen molar-refractivity contribution in [2.24, 2.45) is 5.92 Å². The van der Waals surface area contributed by atoms with Crippen LogP contribution in [0, 0.1) is 5.92 Å². The summed E-state index contributed by atoms with van der Waals surface area (Å²) in [5.41, 5.74) is 0. The van der Waals surface area contributed by atoms with Crippen LogP contribution in [0.15, 0.2) is 15.9 Å². The third kappa shape index (κ3) is 3.10. The van der Waals surface area contributed by atoms with Crippen LogP contribution in [-0.2, 0) is 4.79 Å². The van der Waals surface area contributed by atoms with E-state index in [2.05, 4.69) is 15.9 Å². The molecule has 0 saturated heterocycles. The Kier molecular flexibility index (Phi) is 4.13. The number of carboxylic acid groups (broad SMARTS) is 1. The predicted octanol–water partition coefficient (Wildman–Crippen LogP) is 3.72. The van der Waals surface area contributed by atoms with Crippen molar-refractivity contribution in [3.05, 3.63) is 20.8 Å². The van der Waals surface area contributed by atoms with Gasteiger partial charge < -0.3 is 5.11 Å². The molecular weight excluding hydrogens is 264 g/mol. The number of carboxylic acids is 1. The number of thiophene rings is 1. The van der Waals surface area contributed by atoms with Gasteiger partial charge in [-0.15, -0.1) is 11.3 Å². The molecule has 0 aliphatic rings. The summed E-state index contributed by atoms with van der Waals surface area (Å²) >= 11 is 4.84. The summed E-state index contributed by atoms with van der Waals surface area (Å²) in [6.07, 6.45) is 0.697. The van der Waals surface area contributed by atoms with E-state index < -0.39 is 5.97 Å². The molecule has 78 valence electrons. The molecule has 1 heterocycles. The summed E-state index contributed by atoms with van der Waals surface area (Å²) in [7, 11) is 0. The first kappa shape index (κ1) is 11.7. The quantitative estimate of drug-likeness (QED) is 0.910. The van der Waals surface area contributed by atoms with Crippen LogP contribution >= 0.6 is 27.3 Å². The van der Waals surface area contributed by atoms with E-state index in [0.717, 1.165) is 8.66 Å². The van der Waals surface area contributed by atoms with Crippen molar-refractivity contribution in [1.82, 2.24) is 0 Å². The lowest BCUT2D eigenvalue weighted by molar-refractivity contribution is -0.139. The molecule has 0 fully saturated rings. The minimum Gasteiger partial charge on any atom is -0.481 e. The normalized spacial score (nSPS) is 13.1. The lowest BCUT2D eigenvalue weighted by Gasteiger charge is -2.12. The van der Waals surface area contributed by atoms with Gasteiger partial charge >= 0.3 is 5.97 Å². The Bertz CT molecular complexity index is 320. The van der Waals surface area contributed by atoms with Crippen molar-refractivity contribution < 1.29 is 9.90 Å². The summed E-state index contributed by atoms with van der Waals surface area (Å²) in [6.45, 7) is 4.08. The summed E-state index contributed by atoms with van der Waals surface area (Å²) in [6, 6.07) is 3.78. The highest BCUT2D eigenvalue weighted by molar-refractivity contribution is 9.11. The van der Waals surface area contributed by atoms with Crippen molar-refractivity contribution in [3.63, 3.8) is 0 Å². The Morgan fingerprint density at radius 2 is 2.21 bits per heavy atom. The van der Waals surface area contributed by atoms with Gasteiger partial charge in [0.1, 0.15) is 0 Å². The molecule has 0 aliphatic heterocycles. The summed E-state index contributed by atoms with van der Waals surface area (Å²) < 4.78 is 0.988. The van der Waals surface area contributed by atoms with Crippen LogP contribution in [-0.4, -0.2) is 11.1 Å². The van der Waals surface area contributed by atoms with Crippen molar-refractivity contribution in [3.8, 4) is 0 Å². The molecule has 1 unspecified atom stereocenters. The van der Waals surface area contributed by atoms with Gasteiger partial charge in [-0.1, -0.05) is 13.8 Å². The molecule has 0 aliphatic carbocycles. The minimum atomic E-state index is -0.729. The van der Waals surface area contributed by atoms with E-state index in [0.29, 0.717) is 12.3 Å². The fourth-order valence-electron chi connectivity index (χ4n) is 1.33. The molecule has 0 spiro atoms. The summed E-state index contributed by atoms with van der Waals surface area (Å²) in [4.78, 5) is 12.0. The van der Waals surface area contributed by atoms with Gasteiger partial charge in [0.15, 0.2) is 0 Å². The van der Waals surface area contributed by atoms with Gasteiger partial charge in [0, 0.05) is 4.88 Å². The molecule has 0 bridgehead atoms. The second-order valence-corrected chi connectivity index (χ2v) is 6.16. The molecule has 0 amide bonds. The van der Waals surface area contributed by atoms with Gasteiger partial charge in [-0.05, 0) is 40.4 Å². The van der Waals surface area contributed by atoms with E-state index in [9.17, 15) is 4.79 Å². The molecule has 1 atom stereocenters. The zero-order valence-electron chi connectivity index (χ0n) is 8.16. The van der Waals surface area contributed by atoms with Crippen molar-refractivity contribution >= 4 is 33.2 Å². The van der Waals surface area contributed by atoms with Gasteiger partial charge in [0.05, 0.1) is 9.70 Å². The second-order valence-electron chi connectivity index (χ2n) is 3.66. The molecule has 0 saturated carbocycles. The standard InChI is InChI=1S/C10H13BrO2S/c1-6(2)5-7(10(12)13)8-3-4-9(11)14-8/h3-4,6-7H,5H2,1-2H3,(H,12,13). The predicted molar refractivity (Wildman–Crippen MR) is 61.9 cm³/mol. The largest absolute Gasteiger partial charge is 0.481 e. The second kappa shape index (κ2) is 4.94. The molecule has 2 nitrogen and oxygen atoms in total. The van der Waals surface area contributed by atoms with E-state index in [1.54, 1.807) is 0 Å². The number of aliphatic carboxylic acids is 1. The van der Waals surface area contributed by atoms with Crippen LogP contribution in [0.2, 0.25) is 0 Å². The van der Waals surface area contributed by atoms with Crippen LogP contribution < -0.4 is 0 Å². The fourth-order valence-corrected chi connectivity index (χ4v) is 2.86. The number of halogens is 1.